The molecule has 1 aromatic heterocycles. The minimum Gasteiger partial charge on any atom is -0.462 e. The first-order chi connectivity index (χ1) is 7.70. The van der Waals surface area contributed by atoms with E-state index in [1.807, 2.05) is 7.05 Å². The van der Waals surface area contributed by atoms with Gasteiger partial charge in [0.1, 0.15) is 5.56 Å². The lowest BCUT2D eigenvalue weighted by Gasteiger charge is -2.05. The second-order valence-corrected chi connectivity index (χ2v) is 4.30. The molecule has 6 heteroatoms. The largest absolute Gasteiger partial charge is 0.462 e. The zero-order chi connectivity index (χ0) is 12.0. The van der Waals surface area contributed by atoms with E-state index < -0.39 is 0 Å². The standard InChI is InChI=1S/C10H17N3O2S/c1-3-15-10(14)8-6-12-13(2)9(8)7-16-5-4-11/h6H,3-5,7,11H2,1-2H3. The van der Waals surface area contributed by atoms with Crippen molar-refractivity contribution in [3.63, 3.8) is 0 Å². The zero-order valence-corrected chi connectivity index (χ0v) is 10.4. The van der Waals surface area contributed by atoms with Gasteiger partial charge in [0, 0.05) is 25.1 Å². The van der Waals surface area contributed by atoms with E-state index in [1.54, 1.807) is 29.6 Å². The van der Waals surface area contributed by atoms with E-state index in [0.717, 1.165) is 17.2 Å². The highest BCUT2D eigenvalue weighted by Gasteiger charge is 2.16. The molecule has 0 fully saturated rings. The van der Waals surface area contributed by atoms with Crippen molar-refractivity contribution in [2.24, 2.45) is 12.8 Å². The summed E-state index contributed by atoms with van der Waals surface area (Å²) in [5, 5.41) is 4.07. The minimum atomic E-state index is -0.307. The monoisotopic (exact) mass is 243 g/mol. The van der Waals surface area contributed by atoms with E-state index in [4.69, 9.17) is 10.5 Å². The molecule has 0 aliphatic carbocycles. The van der Waals surface area contributed by atoms with Crippen LogP contribution in [-0.2, 0) is 17.5 Å². The molecule has 2 N–H and O–H groups in total. The molecule has 0 saturated heterocycles. The number of aromatic nitrogens is 2. The molecular weight excluding hydrogens is 226 g/mol. The summed E-state index contributed by atoms with van der Waals surface area (Å²) in [7, 11) is 1.82. The lowest BCUT2D eigenvalue weighted by atomic mass is 10.3. The Morgan fingerprint density at radius 1 is 1.69 bits per heavy atom. The molecule has 0 aliphatic heterocycles. The van der Waals surface area contributed by atoms with Gasteiger partial charge in [-0.2, -0.15) is 16.9 Å². The van der Waals surface area contributed by atoms with Gasteiger partial charge < -0.3 is 10.5 Å². The lowest BCUT2D eigenvalue weighted by Crippen LogP contribution is -2.09. The fraction of sp³-hybridized carbons (Fsp3) is 0.600. The molecule has 0 unspecified atom stereocenters. The maximum Gasteiger partial charge on any atom is 0.341 e. The Hall–Kier alpha value is -1.01. The molecule has 0 aromatic carbocycles. The molecule has 1 heterocycles. The van der Waals surface area contributed by atoms with E-state index >= 15 is 0 Å². The second kappa shape index (κ2) is 6.55. The second-order valence-electron chi connectivity index (χ2n) is 3.19. The van der Waals surface area contributed by atoms with Crippen LogP contribution >= 0.6 is 11.8 Å². The summed E-state index contributed by atoms with van der Waals surface area (Å²) >= 11 is 1.68. The number of thioether (sulfide) groups is 1. The van der Waals surface area contributed by atoms with Crippen LogP contribution < -0.4 is 5.73 Å². The average molecular weight is 243 g/mol. The van der Waals surface area contributed by atoms with Crippen LogP contribution in [0.5, 0.6) is 0 Å². The summed E-state index contributed by atoms with van der Waals surface area (Å²) in [6.45, 7) is 2.80. The third-order valence-corrected chi connectivity index (χ3v) is 3.06. The van der Waals surface area contributed by atoms with Crippen LogP contribution in [-0.4, -0.2) is 34.7 Å². The van der Waals surface area contributed by atoms with Crippen molar-refractivity contribution in [3.8, 4) is 0 Å². The Bertz CT molecular complexity index is 352. The maximum absolute atomic E-state index is 11.6. The van der Waals surface area contributed by atoms with Crippen LogP contribution in [0.4, 0.5) is 0 Å². The number of nitrogens with two attached hydrogens (primary N) is 1. The summed E-state index contributed by atoms with van der Waals surface area (Å²) in [5.74, 6) is 1.29. The van der Waals surface area contributed by atoms with Crippen molar-refractivity contribution in [3.05, 3.63) is 17.5 Å². The number of carbonyl (C=O) groups excluding carboxylic acids is 1. The van der Waals surface area contributed by atoms with Crippen molar-refractivity contribution in [1.82, 2.24) is 9.78 Å². The Balaban J connectivity index is 2.73. The van der Waals surface area contributed by atoms with Gasteiger partial charge >= 0.3 is 5.97 Å². The molecule has 0 amide bonds. The van der Waals surface area contributed by atoms with Gasteiger partial charge in [-0.25, -0.2) is 4.79 Å². The summed E-state index contributed by atoms with van der Waals surface area (Å²) < 4.78 is 6.67. The SMILES string of the molecule is CCOC(=O)c1cnn(C)c1CSCCN. The molecule has 90 valence electrons. The Morgan fingerprint density at radius 2 is 2.44 bits per heavy atom. The van der Waals surface area contributed by atoms with E-state index in [9.17, 15) is 4.79 Å². The van der Waals surface area contributed by atoms with Gasteiger partial charge in [0.05, 0.1) is 18.5 Å². The highest BCUT2D eigenvalue weighted by atomic mass is 32.2. The van der Waals surface area contributed by atoms with Crippen molar-refractivity contribution in [1.29, 1.82) is 0 Å². The Labute approximate surface area is 99.3 Å². The number of ether oxygens (including phenoxy) is 1. The van der Waals surface area contributed by atoms with Crippen LogP contribution in [0.1, 0.15) is 23.0 Å². The number of aryl methyl sites for hydroxylation is 1. The van der Waals surface area contributed by atoms with Crippen molar-refractivity contribution < 1.29 is 9.53 Å². The summed E-state index contributed by atoms with van der Waals surface area (Å²) in [6.07, 6.45) is 1.55. The number of nitrogens with zero attached hydrogens (tertiary/aromatic N) is 2. The maximum atomic E-state index is 11.6. The van der Waals surface area contributed by atoms with E-state index in [2.05, 4.69) is 5.10 Å². The van der Waals surface area contributed by atoms with Crippen LogP contribution in [0.3, 0.4) is 0 Å². The van der Waals surface area contributed by atoms with Crippen LogP contribution in [0.15, 0.2) is 6.20 Å². The molecular formula is C10H17N3O2S. The van der Waals surface area contributed by atoms with Gasteiger partial charge in [-0.1, -0.05) is 0 Å². The first-order valence-corrected chi connectivity index (χ1v) is 6.32. The quantitative estimate of drug-likeness (QED) is 0.591. The predicted octanol–water partition coefficient (Wildman–Crippen LogP) is 0.789. The number of hydrogen-bond acceptors (Lipinski definition) is 5. The third kappa shape index (κ3) is 3.24. The Morgan fingerprint density at radius 3 is 3.06 bits per heavy atom. The van der Waals surface area contributed by atoms with E-state index in [0.29, 0.717) is 18.7 Å². The van der Waals surface area contributed by atoms with Crippen molar-refractivity contribution >= 4 is 17.7 Å². The number of hydrogen-bond donors (Lipinski definition) is 1. The zero-order valence-electron chi connectivity index (χ0n) is 9.60. The van der Waals surface area contributed by atoms with Crippen LogP contribution in [0.25, 0.3) is 0 Å². The van der Waals surface area contributed by atoms with Crippen molar-refractivity contribution in [2.75, 3.05) is 18.9 Å². The molecule has 1 aromatic rings. The van der Waals surface area contributed by atoms with Crippen LogP contribution in [0, 0.1) is 0 Å². The molecule has 0 spiro atoms. The highest BCUT2D eigenvalue weighted by molar-refractivity contribution is 7.98. The fourth-order valence-corrected chi connectivity index (χ4v) is 2.11. The number of esters is 1. The minimum absolute atomic E-state index is 0.307. The van der Waals surface area contributed by atoms with Gasteiger partial charge in [-0.3, -0.25) is 4.68 Å². The molecule has 0 aliphatic rings. The normalized spacial score (nSPS) is 10.4. The van der Waals surface area contributed by atoms with E-state index in [1.165, 1.54) is 0 Å². The van der Waals surface area contributed by atoms with Gasteiger partial charge in [-0.05, 0) is 6.92 Å². The van der Waals surface area contributed by atoms with Gasteiger partial charge in [0.2, 0.25) is 0 Å². The molecule has 16 heavy (non-hydrogen) atoms. The first kappa shape index (κ1) is 13.1. The van der Waals surface area contributed by atoms with E-state index in [-0.39, 0.29) is 5.97 Å². The van der Waals surface area contributed by atoms with Crippen LogP contribution in [0.2, 0.25) is 0 Å². The molecule has 5 nitrogen and oxygen atoms in total. The number of carbonyl (C=O) groups is 1. The predicted molar refractivity (Wildman–Crippen MR) is 64.4 cm³/mol. The third-order valence-electron chi connectivity index (χ3n) is 2.06. The molecule has 0 bridgehead atoms. The smallest absolute Gasteiger partial charge is 0.341 e. The first-order valence-electron chi connectivity index (χ1n) is 5.16. The summed E-state index contributed by atoms with van der Waals surface area (Å²) in [5.41, 5.74) is 6.85. The molecule has 1 rings (SSSR count). The molecule has 0 radical (unpaired) electrons. The molecule has 0 saturated carbocycles. The topological polar surface area (TPSA) is 70.1 Å². The van der Waals surface area contributed by atoms with Crippen molar-refractivity contribution in [2.45, 2.75) is 12.7 Å². The molecule has 0 atom stereocenters. The number of rotatable bonds is 6. The average Bonchev–Trinajstić information content (AvgIpc) is 2.61. The van der Waals surface area contributed by atoms with Gasteiger partial charge in [-0.15, -0.1) is 0 Å². The van der Waals surface area contributed by atoms with Gasteiger partial charge in [0.15, 0.2) is 0 Å². The highest BCUT2D eigenvalue weighted by Crippen LogP contribution is 2.16. The fourth-order valence-electron chi connectivity index (χ4n) is 1.27. The summed E-state index contributed by atoms with van der Waals surface area (Å²) in [6, 6.07) is 0. The summed E-state index contributed by atoms with van der Waals surface area (Å²) in [4.78, 5) is 11.6. The lowest BCUT2D eigenvalue weighted by molar-refractivity contribution is 0.0525. The Kier molecular flexibility index (Phi) is 5.34. The van der Waals surface area contributed by atoms with Gasteiger partial charge in [0.25, 0.3) is 0 Å².